The molecule has 2 rings (SSSR count). The summed E-state index contributed by atoms with van der Waals surface area (Å²) in [4.78, 5) is 0. The molecule has 224 valence electrons. The first-order chi connectivity index (χ1) is 17.9. The van der Waals surface area contributed by atoms with Crippen molar-refractivity contribution >= 4 is 92.4 Å². The molecule has 0 unspecified atom stereocenters. The molecule has 2 aromatic rings. The van der Waals surface area contributed by atoms with E-state index in [0.29, 0.717) is 42.8 Å². The van der Waals surface area contributed by atoms with Gasteiger partial charge in [0.15, 0.2) is 21.7 Å². The molecule has 0 spiro atoms. The number of benzene rings is 2. The van der Waals surface area contributed by atoms with Gasteiger partial charge in [-0.15, -0.1) is 0 Å². The van der Waals surface area contributed by atoms with Gasteiger partial charge in [-0.05, 0) is 108 Å². The number of thiocarbonyl (C=S) groups is 2. The van der Waals surface area contributed by atoms with Gasteiger partial charge in [0.2, 0.25) is 0 Å². The van der Waals surface area contributed by atoms with Gasteiger partial charge in [0.05, 0.1) is 21.4 Å². The third-order valence-corrected chi connectivity index (χ3v) is 7.37. The Labute approximate surface area is 269 Å². The summed E-state index contributed by atoms with van der Waals surface area (Å²) in [5, 5.41) is 34.4. The Bertz CT molecular complexity index is 1260. The maximum absolute atomic E-state index is 10.1. The molecule has 0 radical (unpaired) electrons. The lowest BCUT2D eigenvalue weighted by Gasteiger charge is -2.34. The highest BCUT2D eigenvalue weighted by molar-refractivity contribution is 7.80. The van der Waals surface area contributed by atoms with Gasteiger partial charge in [-0.1, -0.05) is 67.2 Å². The van der Waals surface area contributed by atoms with E-state index in [2.05, 4.69) is 55.9 Å². The monoisotopic (exact) mass is 668 g/mol. The van der Waals surface area contributed by atoms with Crippen molar-refractivity contribution in [1.82, 2.24) is 10.6 Å². The Hall–Kier alpha value is -1.42. The molecule has 0 bridgehead atoms. The average molecular weight is 671 g/mol. The minimum Gasteiger partial charge on any atom is -0.504 e. The van der Waals surface area contributed by atoms with Gasteiger partial charge in [-0.25, -0.2) is 0 Å². The smallest absolute Gasteiger partial charge is 0.171 e. The second-order valence-corrected chi connectivity index (χ2v) is 14.8. The van der Waals surface area contributed by atoms with E-state index in [-0.39, 0.29) is 38.0 Å². The molecule has 0 amide bonds. The van der Waals surface area contributed by atoms with Crippen LogP contribution in [0.25, 0.3) is 0 Å². The zero-order chi connectivity index (χ0) is 31.4. The van der Waals surface area contributed by atoms with Crippen molar-refractivity contribution in [1.29, 1.82) is 0 Å². The minimum atomic E-state index is -0.184. The van der Waals surface area contributed by atoms with Gasteiger partial charge >= 0.3 is 0 Å². The van der Waals surface area contributed by atoms with Gasteiger partial charge in [-0.3, -0.25) is 0 Å². The van der Waals surface area contributed by atoms with E-state index in [9.17, 15) is 10.2 Å². The molecule has 0 aliphatic heterocycles. The molecular formula is C28H40Cl4N4O2S2. The van der Waals surface area contributed by atoms with E-state index in [0.717, 1.165) is 6.42 Å². The number of phenolic OH excluding ortho intramolecular Hbond substituents is 2. The summed E-state index contributed by atoms with van der Waals surface area (Å²) in [6, 6.07) is 3.21. The van der Waals surface area contributed by atoms with E-state index in [4.69, 9.17) is 70.8 Å². The average Bonchev–Trinajstić information content (AvgIpc) is 2.75. The summed E-state index contributed by atoms with van der Waals surface area (Å²) in [6.07, 6.45) is 0.934. The van der Waals surface area contributed by atoms with Crippen molar-refractivity contribution in [3.8, 4) is 11.5 Å². The van der Waals surface area contributed by atoms with E-state index in [1.165, 1.54) is 0 Å². The van der Waals surface area contributed by atoms with Crippen LogP contribution in [0.4, 0.5) is 11.4 Å². The van der Waals surface area contributed by atoms with Crippen molar-refractivity contribution < 1.29 is 10.2 Å². The molecule has 0 aromatic heterocycles. The molecule has 6 N–H and O–H groups in total. The molecule has 0 aliphatic carbocycles. The van der Waals surface area contributed by atoms with Crippen LogP contribution >= 0.6 is 70.8 Å². The molecule has 0 saturated carbocycles. The summed E-state index contributed by atoms with van der Waals surface area (Å²) >= 11 is 34.6. The number of phenols is 2. The van der Waals surface area contributed by atoms with Crippen LogP contribution in [0, 0.1) is 19.3 Å². The van der Waals surface area contributed by atoms with E-state index < -0.39 is 0 Å². The predicted octanol–water partition coefficient (Wildman–Crippen LogP) is 9.60. The molecule has 0 atom stereocenters. The lowest BCUT2D eigenvalue weighted by molar-refractivity contribution is 0.268. The quantitative estimate of drug-likeness (QED) is 0.142. The summed E-state index contributed by atoms with van der Waals surface area (Å²) in [6.45, 7) is 20.1. The van der Waals surface area contributed by atoms with Crippen LogP contribution < -0.4 is 21.3 Å². The van der Waals surface area contributed by atoms with Gasteiger partial charge in [-0.2, -0.15) is 0 Å². The van der Waals surface area contributed by atoms with Gasteiger partial charge in [0.25, 0.3) is 0 Å². The predicted molar refractivity (Wildman–Crippen MR) is 182 cm³/mol. The fourth-order valence-electron chi connectivity index (χ4n) is 3.92. The number of nitrogens with one attached hydrogen (secondary N) is 4. The standard InChI is InChI=1S/C16H24Cl2N2OS.C12H16Cl2N2OS/c1-9-10(17)7-11(13(21)12(9)18)19-14(22)20-16(5,6)8-15(2,3)4;1-6-7(13)5-8(10(17)9(6)14)15-11(18)16-12(2,3)4/h7,21H,8H2,1-6H3,(H2,19,20,22);5,17H,1-4H3,(H2,15,16,18). The van der Waals surface area contributed by atoms with Gasteiger partial charge < -0.3 is 31.5 Å². The SMILES string of the molecule is Cc1c(Cl)cc(NC(=S)NC(C)(C)C)c(O)c1Cl.Cc1c(Cl)cc(NC(=S)NC(C)(C)CC(C)(C)C)c(O)c1Cl. The highest BCUT2D eigenvalue weighted by atomic mass is 35.5. The maximum Gasteiger partial charge on any atom is 0.171 e. The van der Waals surface area contributed by atoms with Gasteiger partial charge in [0.1, 0.15) is 0 Å². The highest BCUT2D eigenvalue weighted by Crippen LogP contribution is 2.40. The van der Waals surface area contributed by atoms with E-state index in [1.54, 1.807) is 26.0 Å². The summed E-state index contributed by atoms with van der Waals surface area (Å²) in [5.74, 6) is -0.113. The largest absolute Gasteiger partial charge is 0.504 e. The number of hydrogen-bond acceptors (Lipinski definition) is 4. The number of halogens is 4. The van der Waals surface area contributed by atoms with Crippen LogP contribution in [-0.4, -0.2) is 31.5 Å². The molecule has 40 heavy (non-hydrogen) atoms. The Morgan fingerprint density at radius 2 is 1.05 bits per heavy atom. The van der Waals surface area contributed by atoms with E-state index in [1.807, 2.05) is 20.8 Å². The molecule has 0 aliphatic rings. The summed E-state index contributed by atoms with van der Waals surface area (Å²) in [5.41, 5.74) is 1.87. The first-order valence-corrected chi connectivity index (χ1v) is 14.8. The Kier molecular flexibility index (Phi) is 13.0. The number of anilines is 2. The zero-order valence-electron chi connectivity index (χ0n) is 24.6. The van der Waals surface area contributed by atoms with Crippen LogP contribution in [0.5, 0.6) is 11.5 Å². The third kappa shape index (κ3) is 11.8. The Morgan fingerprint density at radius 1 is 0.700 bits per heavy atom. The lowest BCUT2D eigenvalue weighted by atomic mass is 9.82. The number of rotatable bonds is 4. The summed E-state index contributed by atoms with van der Waals surface area (Å²) in [7, 11) is 0. The first-order valence-electron chi connectivity index (χ1n) is 12.5. The molecule has 0 heterocycles. The van der Waals surface area contributed by atoms with Crippen LogP contribution in [0.1, 0.15) is 72.9 Å². The van der Waals surface area contributed by atoms with Crippen molar-refractivity contribution in [2.45, 2.75) is 86.7 Å². The fourth-order valence-corrected chi connectivity index (χ4v) is 5.64. The lowest BCUT2D eigenvalue weighted by Crippen LogP contribution is -2.47. The van der Waals surface area contributed by atoms with Crippen molar-refractivity contribution in [3.05, 3.63) is 43.4 Å². The third-order valence-electron chi connectivity index (χ3n) is 5.25. The zero-order valence-corrected chi connectivity index (χ0v) is 29.2. The minimum absolute atomic E-state index is 0.0543. The van der Waals surface area contributed by atoms with Crippen molar-refractivity contribution in [3.63, 3.8) is 0 Å². The Balaban J connectivity index is 0.000000408. The number of hydrogen-bond donors (Lipinski definition) is 6. The van der Waals surface area contributed by atoms with Crippen LogP contribution in [0.2, 0.25) is 20.1 Å². The number of aromatic hydroxyl groups is 2. The topological polar surface area (TPSA) is 88.6 Å². The molecule has 6 nitrogen and oxygen atoms in total. The normalized spacial score (nSPS) is 11.8. The second-order valence-electron chi connectivity index (χ2n) is 12.4. The molecule has 2 aromatic carbocycles. The van der Waals surface area contributed by atoms with Crippen molar-refractivity contribution in [2.75, 3.05) is 10.6 Å². The van der Waals surface area contributed by atoms with Crippen LogP contribution in [0.15, 0.2) is 12.1 Å². The molecule has 0 saturated heterocycles. The molecule has 12 heteroatoms. The first kappa shape index (κ1) is 36.6. The van der Waals surface area contributed by atoms with E-state index >= 15 is 0 Å². The van der Waals surface area contributed by atoms with Crippen LogP contribution in [-0.2, 0) is 0 Å². The Morgan fingerprint density at radius 3 is 1.38 bits per heavy atom. The highest BCUT2D eigenvalue weighted by Gasteiger charge is 2.26. The molecular weight excluding hydrogens is 630 g/mol. The van der Waals surface area contributed by atoms with Crippen molar-refractivity contribution in [2.24, 2.45) is 5.41 Å². The van der Waals surface area contributed by atoms with Crippen LogP contribution in [0.3, 0.4) is 0 Å². The fraction of sp³-hybridized carbons (Fsp3) is 0.500. The molecule has 0 fully saturated rings. The maximum atomic E-state index is 10.1. The van der Waals surface area contributed by atoms with Gasteiger partial charge in [0, 0.05) is 21.1 Å². The second kappa shape index (κ2) is 14.2. The summed E-state index contributed by atoms with van der Waals surface area (Å²) < 4.78 is 0.